The minimum absolute atomic E-state index is 0.0181. The van der Waals surface area contributed by atoms with Gasteiger partial charge in [-0.2, -0.15) is 4.31 Å². The van der Waals surface area contributed by atoms with Gasteiger partial charge in [-0.25, -0.2) is 31.7 Å². The highest BCUT2D eigenvalue weighted by atomic mass is 32.2. The fourth-order valence-corrected chi connectivity index (χ4v) is 7.34. The van der Waals surface area contributed by atoms with E-state index in [1.807, 2.05) is 0 Å². The van der Waals surface area contributed by atoms with Crippen molar-refractivity contribution in [1.29, 1.82) is 0 Å². The maximum Gasteiger partial charge on any atom is 0.338 e. The second-order valence-electron chi connectivity index (χ2n) is 8.54. The van der Waals surface area contributed by atoms with Crippen LogP contribution >= 0.6 is 11.3 Å². The summed E-state index contributed by atoms with van der Waals surface area (Å²) in [6, 6.07) is 13.0. The fourth-order valence-electron chi connectivity index (χ4n) is 4.13. The number of nitrogens with zero attached hydrogens (tertiary/aromatic N) is 2. The molecule has 1 atom stereocenters. The number of hydrogen-bond donors (Lipinski definition) is 1. The average Bonchev–Trinajstić information content (AvgIpc) is 3.53. The number of sulfonamides is 2. The van der Waals surface area contributed by atoms with Gasteiger partial charge in [0.25, 0.3) is 15.9 Å². The van der Waals surface area contributed by atoms with Gasteiger partial charge in [-0.05, 0) is 66.8 Å². The van der Waals surface area contributed by atoms with Crippen molar-refractivity contribution in [1.82, 2.24) is 4.31 Å². The van der Waals surface area contributed by atoms with Crippen LogP contribution in [0, 0.1) is 0 Å². The molecule has 1 fully saturated rings. The molecule has 0 radical (unpaired) electrons. The molecule has 39 heavy (non-hydrogen) atoms. The van der Waals surface area contributed by atoms with Gasteiger partial charge >= 0.3 is 5.97 Å². The molecular weight excluding hydrogens is 566 g/mol. The van der Waals surface area contributed by atoms with Crippen molar-refractivity contribution in [3.05, 3.63) is 77.2 Å². The molecule has 1 aliphatic rings. The first-order valence-corrected chi connectivity index (χ1v) is 15.6. The Morgan fingerprint density at radius 2 is 1.72 bits per heavy atom. The van der Waals surface area contributed by atoms with Gasteiger partial charge in [0.15, 0.2) is 0 Å². The Morgan fingerprint density at radius 1 is 1.05 bits per heavy atom. The average molecular weight is 592 g/mol. The molecular formula is C25H25N3O8S3. The Labute approximate surface area is 229 Å². The van der Waals surface area contributed by atoms with E-state index in [0.29, 0.717) is 5.56 Å². The summed E-state index contributed by atoms with van der Waals surface area (Å²) in [6.07, 6.45) is -0.227. The quantitative estimate of drug-likeness (QED) is 0.277. The van der Waals surface area contributed by atoms with Crippen LogP contribution < -0.4 is 10.0 Å². The van der Waals surface area contributed by atoms with Crippen LogP contribution in [0.4, 0.5) is 5.69 Å². The maximum absolute atomic E-state index is 13.6. The lowest BCUT2D eigenvalue weighted by molar-refractivity contribution is -0.122. The molecule has 2 heterocycles. The van der Waals surface area contributed by atoms with Gasteiger partial charge in [-0.3, -0.25) is 9.59 Å². The Kier molecular flexibility index (Phi) is 8.32. The lowest BCUT2D eigenvalue weighted by Gasteiger charge is -2.26. The van der Waals surface area contributed by atoms with Crippen LogP contribution in [0.5, 0.6) is 0 Å². The molecule has 2 amide bonds. The number of carbonyl (C=O) groups excluding carboxylic acids is 3. The Morgan fingerprint density at radius 3 is 2.28 bits per heavy atom. The van der Waals surface area contributed by atoms with Crippen LogP contribution in [-0.4, -0.2) is 58.1 Å². The maximum atomic E-state index is 13.6. The first-order chi connectivity index (χ1) is 18.4. The van der Waals surface area contributed by atoms with Gasteiger partial charge < -0.3 is 4.74 Å². The van der Waals surface area contributed by atoms with E-state index in [1.54, 1.807) is 18.4 Å². The molecule has 14 heteroatoms. The summed E-state index contributed by atoms with van der Waals surface area (Å²) in [5, 5.41) is 6.73. The highest BCUT2D eigenvalue weighted by Crippen LogP contribution is 2.31. The van der Waals surface area contributed by atoms with Crippen LogP contribution in [0.25, 0.3) is 0 Å². The molecule has 3 aromatic rings. The van der Waals surface area contributed by atoms with E-state index in [4.69, 9.17) is 9.88 Å². The zero-order valence-corrected chi connectivity index (χ0v) is 23.2. The first-order valence-electron chi connectivity index (χ1n) is 11.7. The number of benzene rings is 2. The SMILES string of the molecule is CCOC(=O)c1ccc(N2C(=O)CC(N(CCc3ccc(S(N)(=O)=O)cc3)S(=O)(=O)c3cccs3)C2=O)cc1. The third-order valence-corrected chi connectivity index (χ3v) is 10.2. The number of ether oxygens (including phenoxy) is 1. The second-order valence-corrected chi connectivity index (χ2v) is 13.2. The van der Waals surface area contributed by atoms with Crippen molar-refractivity contribution < 1.29 is 36.0 Å². The van der Waals surface area contributed by atoms with Crippen molar-refractivity contribution >= 4 is 54.9 Å². The van der Waals surface area contributed by atoms with Crippen molar-refractivity contribution in [2.24, 2.45) is 5.14 Å². The molecule has 2 aromatic carbocycles. The summed E-state index contributed by atoms with van der Waals surface area (Å²) in [4.78, 5) is 39.2. The number of thiophene rings is 1. The zero-order valence-electron chi connectivity index (χ0n) is 20.7. The third kappa shape index (κ3) is 6.09. The predicted molar refractivity (Wildman–Crippen MR) is 143 cm³/mol. The van der Waals surface area contributed by atoms with Gasteiger partial charge in [-0.1, -0.05) is 18.2 Å². The van der Waals surface area contributed by atoms with Crippen LogP contribution in [0.3, 0.4) is 0 Å². The predicted octanol–water partition coefficient (Wildman–Crippen LogP) is 2.14. The number of amides is 2. The van der Waals surface area contributed by atoms with E-state index in [2.05, 4.69) is 0 Å². The normalized spacial score (nSPS) is 16.2. The number of nitrogens with two attached hydrogens (primary N) is 1. The zero-order chi connectivity index (χ0) is 28.4. The lowest BCUT2D eigenvalue weighted by Crippen LogP contribution is -2.46. The summed E-state index contributed by atoms with van der Waals surface area (Å²) in [7, 11) is -8.05. The number of hydrogen-bond acceptors (Lipinski definition) is 9. The molecule has 2 N–H and O–H groups in total. The monoisotopic (exact) mass is 591 g/mol. The standard InChI is InChI=1S/C25H25N3O8S3/c1-2-36-25(31)18-7-9-19(10-8-18)28-22(29)16-21(24(28)30)27(39(34,35)23-4-3-15-37-23)14-13-17-5-11-20(12-6-17)38(26,32)33/h3-12,15,21H,2,13-14,16H2,1H3,(H2,26,32,33). The molecule has 0 aliphatic carbocycles. The molecule has 1 aliphatic heterocycles. The summed E-state index contributed by atoms with van der Waals surface area (Å²) < 4.78 is 56.2. The molecule has 0 saturated carbocycles. The van der Waals surface area contributed by atoms with Crippen molar-refractivity contribution in [2.75, 3.05) is 18.1 Å². The number of primary sulfonamides is 1. The van der Waals surface area contributed by atoms with E-state index in [9.17, 15) is 31.2 Å². The van der Waals surface area contributed by atoms with Gasteiger partial charge in [0.05, 0.1) is 29.2 Å². The molecule has 0 spiro atoms. The highest BCUT2D eigenvalue weighted by molar-refractivity contribution is 7.91. The molecule has 1 aromatic heterocycles. The summed E-state index contributed by atoms with van der Waals surface area (Å²) in [5.41, 5.74) is 1.05. The Hall–Kier alpha value is -3.43. The van der Waals surface area contributed by atoms with E-state index in [1.165, 1.54) is 54.6 Å². The molecule has 1 saturated heterocycles. The van der Waals surface area contributed by atoms with Gasteiger partial charge in [0.2, 0.25) is 15.9 Å². The van der Waals surface area contributed by atoms with Crippen molar-refractivity contribution in [3.63, 3.8) is 0 Å². The molecule has 4 rings (SSSR count). The fraction of sp³-hybridized carbons (Fsp3) is 0.240. The summed E-state index contributed by atoms with van der Waals surface area (Å²) in [5.74, 6) is -1.85. The van der Waals surface area contributed by atoms with Gasteiger partial charge in [0, 0.05) is 6.54 Å². The third-order valence-electron chi connectivity index (χ3n) is 6.04. The number of imide groups is 1. The highest BCUT2D eigenvalue weighted by Gasteiger charge is 2.47. The number of rotatable bonds is 10. The van der Waals surface area contributed by atoms with E-state index in [-0.39, 0.29) is 46.3 Å². The number of esters is 1. The Bertz CT molecular complexity index is 1580. The van der Waals surface area contributed by atoms with Crippen molar-refractivity contribution in [3.8, 4) is 0 Å². The van der Waals surface area contributed by atoms with E-state index >= 15 is 0 Å². The van der Waals surface area contributed by atoms with E-state index < -0.39 is 43.9 Å². The summed E-state index contributed by atoms with van der Waals surface area (Å²) in [6.45, 7) is 1.72. The summed E-state index contributed by atoms with van der Waals surface area (Å²) >= 11 is 0.987. The first kappa shape index (κ1) is 28.6. The van der Waals surface area contributed by atoms with E-state index in [0.717, 1.165) is 20.5 Å². The second kappa shape index (κ2) is 11.4. The number of carbonyl (C=O) groups is 3. The largest absolute Gasteiger partial charge is 0.462 e. The molecule has 1 unspecified atom stereocenters. The molecule has 206 valence electrons. The lowest BCUT2D eigenvalue weighted by atomic mass is 10.1. The van der Waals surface area contributed by atoms with Crippen LogP contribution in [0.15, 0.2) is 75.1 Å². The minimum atomic E-state index is -4.15. The minimum Gasteiger partial charge on any atom is -0.462 e. The molecule has 11 nitrogen and oxygen atoms in total. The topological polar surface area (TPSA) is 161 Å². The van der Waals surface area contributed by atoms with Gasteiger partial charge in [-0.15, -0.1) is 11.3 Å². The van der Waals surface area contributed by atoms with Crippen LogP contribution in [0.2, 0.25) is 0 Å². The number of anilines is 1. The Balaban J connectivity index is 1.61. The van der Waals surface area contributed by atoms with Crippen LogP contribution in [0.1, 0.15) is 29.3 Å². The smallest absolute Gasteiger partial charge is 0.338 e. The molecule has 0 bridgehead atoms. The van der Waals surface area contributed by atoms with Crippen LogP contribution in [-0.2, 0) is 40.8 Å². The van der Waals surface area contributed by atoms with Crippen molar-refractivity contribution in [2.45, 2.75) is 34.9 Å². The van der Waals surface area contributed by atoms with Gasteiger partial charge in [0.1, 0.15) is 10.3 Å².